The molecule has 0 saturated heterocycles. The first-order valence-corrected chi connectivity index (χ1v) is 5.94. The van der Waals surface area contributed by atoms with Gasteiger partial charge in [0, 0.05) is 13.3 Å². The van der Waals surface area contributed by atoms with Crippen LogP contribution in [0.25, 0.3) is 5.69 Å². The minimum Gasteiger partial charge on any atom is -0.466 e. The average Bonchev–Trinajstić information content (AvgIpc) is 2.88. The van der Waals surface area contributed by atoms with Gasteiger partial charge in [0.2, 0.25) is 0 Å². The van der Waals surface area contributed by atoms with E-state index in [-0.39, 0.29) is 12.6 Å². The molecule has 2 rings (SSSR count). The molecule has 6 nitrogen and oxygen atoms in total. The first kappa shape index (κ1) is 13.2. The lowest BCUT2D eigenvalue weighted by Crippen LogP contribution is -2.03. The minimum absolute atomic E-state index is 0.125. The van der Waals surface area contributed by atoms with Gasteiger partial charge in [-0.15, -0.1) is 5.10 Å². The standard InChI is InChI=1S/C13H15N3O3/c1-10(18)19-7-6-11-2-4-13(5-3-11)16-8-12(9-17)14-15-16/h2-5,8,17H,6-7,9H2,1H3. The number of carbonyl (C=O) groups excluding carboxylic acids is 1. The van der Waals surface area contributed by atoms with Crippen LogP contribution >= 0.6 is 0 Å². The minimum atomic E-state index is -0.268. The number of aliphatic hydroxyl groups excluding tert-OH is 1. The third-order valence-electron chi connectivity index (χ3n) is 2.60. The number of ether oxygens (including phenoxy) is 1. The molecule has 6 heteroatoms. The zero-order valence-electron chi connectivity index (χ0n) is 10.6. The van der Waals surface area contributed by atoms with Crippen LogP contribution in [0.2, 0.25) is 0 Å². The van der Waals surface area contributed by atoms with Gasteiger partial charge in [0.1, 0.15) is 5.69 Å². The highest BCUT2D eigenvalue weighted by Crippen LogP contribution is 2.10. The quantitative estimate of drug-likeness (QED) is 0.808. The van der Waals surface area contributed by atoms with Gasteiger partial charge in [-0.2, -0.15) is 0 Å². The summed E-state index contributed by atoms with van der Waals surface area (Å²) in [6, 6.07) is 7.69. The molecule has 0 aliphatic rings. The van der Waals surface area contributed by atoms with Gasteiger partial charge in [-0.1, -0.05) is 17.3 Å². The molecule has 0 radical (unpaired) electrons. The molecule has 0 unspecified atom stereocenters. The molecule has 0 bridgehead atoms. The molecule has 1 aromatic carbocycles. The van der Waals surface area contributed by atoms with E-state index in [1.54, 1.807) is 10.9 Å². The lowest BCUT2D eigenvalue weighted by molar-refractivity contribution is -0.140. The molecule has 0 saturated carbocycles. The van der Waals surface area contributed by atoms with Gasteiger partial charge in [0.25, 0.3) is 0 Å². The monoisotopic (exact) mass is 261 g/mol. The van der Waals surface area contributed by atoms with Gasteiger partial charge >= 0.3 is 5.97 Å². The fraction of sp³-hybridized carbons (Fsp3) is 0.308. The summed E-state index contributed by atoms with van der Waals surface area (Å²) in [6.45, 7) is 1.65. The van der Waals surface area contributed by atoms with Crippen LogP contribution in [0.1, 0.15) is 18.2 Å². The normalized spacial score (nSPS) is 10.4. The van der Waals surface area contributed by atoms with E-state index in [2.05, 4.69) is 10.3 Å². The molecule has 0 fully saturated rings. The van der Waals surface area contributed by atoms with Crippen LogP contribution in [0.4, 0.5) is 0 Å². The number of hydrogen-bond acceptors (Lipinski definition) is 5. The Kier molecular flexibility index (Phi) is 4.25. The third kappa shape index (κ3) is 3.62. The summed E-state index contributed by atoms with van der Waals surface area (Å²) in [6.07, 6.45) is 2.35. The van der Waals surface area contributed by atoms with E-state index in [4.69, 9.17) is 9.84 Å². The van der Waals surface area contributed by atoms with Crippen LogP contribution in [0, 0.1) is 0 Å². The highest BCUT2D eigenvalue weighted by molar-refractivity contribution is 5.65. The molecule has 0 aliphatic carbocycles. The molecule has 1 aromatic heterocycles. The van der Waals surface area contributed by atoms with E-state index in [1.807, 2.05) is 24.3 Å². The van der Waals surface area contributed by atoms with Crippen molar-refractivity contribution in [2.45, 2.75) is 20.0 Å². The summed E-state index contributed by atoms with van der Waals surface area (Å²) < 4.78 is 6.48. The van der Waals surface area contributed by atoms with E-state index < -0.39 is 0 Å². The number of rotatable bonds is 5. The van der Waals surface area contributed by atoms with Gasteiger partial charge in [-0.25, -0.2) is 4.68 Å². The maximum Gasteiger partial charge on any atom is 0.302 e. The Hall–Kier alpha value is -2.21. The van der Waals surface area contributed by atoms with E-state index in [1.165, 1.54) is 6.92 Å². The maximum atomic E-state index is 10.6. The summed E-state index contributed by atoms with van der Waals surface area (Å²) in [5, 5.41) is 16.6. The van der Waals surface area contributed by atoms with Crippen molar-refractivity contribution in [2.24, 2.45) is 0 Å². The Labute approximate surface area is 110 Å². The molecule has 19 heavy (non-hydrogen) atoms. The summed E-state index contributed by atoms with van der Waals surface area (Å²) in [5.74, 6) is -0.268. The second kappa shape index (κ2) is 6.10. The topological polar surface area (TPSA) is 77.2 Å². The predicted octanol–water partition coefficient (Wildman–Crippen LogP) is 0.865. The zero-order chi connectivity index (χ0) is 13.7. The Morgan fingerprint density at radius 2 is 2.11 bits per heavy atom. The van der Waals surface area contributed by atoms with E-state index in [9.17, 15) is 4.79 Å². The largest absolute Gasteiger partial charge is 0.466 e. The molecule has 1 N–H and O–H groups in total. The van der Waals surface area contributed by atoms with Gasteiger partial charge in [-0.05, 0) is 17.7 Å². The molecule has 100 valence electrons. The van der Waals surface area contributed by atoms with Crippen molar-refractivity contribution < 1.29 is 14.6 Å². The van der Waals surface area contributed by atoms with Crippen molar-refractivity contribution in [3.63, 3.8) is 0 Å². The smallest absolute Gasteiger partial charge is 0.302 e. The van der Waals surface area contributed by atoms with Gasteiger partial charge in [-0.3, -0.25) is 4.79 Å². The maximum absolute atomic E-state index is 10.6. The van der Waals surface area contributed by atoms with Gasteiger partial charge < -0.3 is 9.84 Å². The lowest BCUT2D eigenvalue weighted by atomic mass is 10.1. The molecule has 0 aliphatic heterocycles. The third-order valence-corrected chi connectivity index (χ3v) is 2.60. The van der Waals surface area contributed by atoms with Crippen LogP contribution in [0.15, 0.2) is 30.5 Å². The second-order valence-corrected chi connectivity index (χ2v) is 4.07. The van der Waals surface area contributed by atoms with Crippen molar-refractivity contribution in [3.8, 4) is 5.69 Å². The molecular weight excluding hydrogens is 246 g/mol. The summed E-state index contributed by atoms with van der Waals surface area (Å²) in [7, 11) is 0. The van der Waals surface area contributed by atoms with E-state index >= 15 is 0 Å². The summed E-state index contributed by atoms with van der Waals surface area (Å²) in [4.78, 5) is 10.6. The first-order chi connectivity index (χ1) is 9.19. The van der Waals surface area contributed by atoms with Gasteiger partial charge in [0.05, 0.1) is 25.1 Å². The van der Waals surface area contributed by atoms with Crippen LogP contribution < -0.4 is 0 Å². The van der Waals surface area contributed by atoms with Crippen LogP contribution in [-0.4, -0.2) is 32.7 Å². The molecule has 0 atom stereocenters. The fourth-order valence-corrected chi connectivity index (χ4v) is 1.63. The number of hydrogen-bond donors (Lipinski definition) is 1. The summed E-state index contributed by atoms with van der Waals surface area (Å²) in [5.41, 5.74) is 2.47. The predicted molar refractivity (Wildman–Crippen MR) is 67.6 cm³/mol. The average molecular weight is 261 g/mol. The van der Waals surface area contributed by atoms with E-state index in [0.717, 1.165) is 11.3 Å². The SMILES string of the molecule is CC(=O)OCCc1ccc(-n2cc(CO)nn2)cc1. The fourth-order valence-electron chi connectivity index (χ4n) is 1.63. The molecule has 0 amide bonds. The van der Waals surface area contributed by atoms with Crippen molar-refractivity contribution in [3.05, 3.63) is 41.7 Å². The second-order valence-electron chi connectivity index (χ2n) is 4.07. The number of nitrogens with zero attached hydrogens (tertiary/aromatic N) is 3. The Morgan fingerprint density at radius 3 is 2.68 bits per heavy atom. The highest BCUT2D eigenvalue weighted by Gasteiger charge is 2.02. The Balaban J connectivity index is 1.99. The van der Waals surface area contributed by atoms with E-state index in [0.29, 0.717) is 18.7 Å². The van der Waals surface area contributed by atoms with Gasteiger partial charge in [0.15, 0.2) is 0 Å². The lowest BCUT2D eigenvalue weighted by Gasteiger charge is -2.04. The Bertz CT molecular complexity index is 549. The molecule has 2 aromatic rings. The van der Waals surface area contributed by atoms with Crippen molar-refractivity contribution in [2.75, 3.05) is 6.61 Å². The Morgan fingerprint density at radius 1 is 1.37 bits per heavy atom. The number of benzene rings is 1. The summed E-state index contributed by atoms with van der Waals surface area (Å²) >= 11 is 0. The van der Waals surface area contributed by atoms with Crippen molar-refractivity contribution in [1.82, 2.24) is 15.0 Å². The highest BCUT2D eigenvalue weighted by atomic mass is 16.5. The molecule has 0 spiro atoms. The number of aliphatic hydroxyl groups is 1. The first-order valence-electron chi connectivity index (χ1n) is 5.94. The number of aromatic nitrogens is 3. The van der Waals surface area contributed by atoms with Crippen LogP contribution in [0.5, 0.6) is 0 Å². The number of esters is 1. The van der Waals surface area contributed by atoms with Crippen molar-refractivity contribution >= 4 is 5.97 Å². The van der Waals surface area contributed by atoms with Crippen LogP contribution in [0.3, 0.4) is 0 Å². The molecule has 1 heterocycles. The van der Waals surface area contributed by atoms with Crippen molar-refractivity contribution in [1.29, 1.82) is 0 Å². The number of carbonyl (C=O) groups is 1. The van der Waals surface area contributed by atoms with Crippen LogP contribution in [-0.2, 0) is 22.6 Å². The zero-order valence-corrected chi connectivity index (χ0v) is 10.6. The molecular formula is C13H15N3O3.